The maximum Gasteiger partial charge on any atom is 0.0907 e. The van der Waals surface area contributed by atoms with Gasteiger partial charge >= 0.3 is 0 Å². The number of aliphatic imine (C=N–C) groups is 1. The number of hydrogen-bond acceptors (Lipinski definition) is 1. The fourth-order valence-corrected chi connectivity index (χ4v) is 0.696. The summed E-state index contributed by atoms with van der Waals surface area (Å²) in [6, 6.07) is 9.87. The molecule has 0 saturated heterocycles. The highest BCUT2D eigenvalue weighted by molar-refractivity contribution is 5.60. The summed E-state index contributed by atoms with van der Waals surface area (Å²) in [6.07, 6.45) is 1.79. The Bertz CT molecular complexity index is 227. The minimum absolute atomic E-state index is 0.987. The Morgan fingerprint density at radius 3 is 2.36 bits per heavy atom. The van der Waals surface area contributed by atoms with Gasteiger partial charge in [0.05, 0.1) is 12.0 Å². The Balaban J connectivity index is 2.65. The number of nitrogens with zero attached hydrogens (tertiary/aromatic N) is 2. The lowest BCUT2D eigenvalue weighted by molar-refractivity contribution is 0.643. The van der Waals surface area contributed by atoms with Gasteiger partial charge in [0.2, 0.25) is 0 Å². The highest BCUT2D eigenvalue weighted by atomic mass is 15.1. The molecule has 0 aliphatic carbocycles. The maximum absolute atomic E-state index is 4.21. The van der Waals surface area contributed by atoms with Gasteiger partial charge in [0.1, 0.15) is 0 Å². The largest absolute Gasteiger partial charge is 0.369 e. The molecular weight excluding hydrogens is 136 g/mol. The van der Waals surface area contributed by atoms with E-state index in [9.17, 15) is 0 Å². The standard InChI is InChI=1S/C9H12N2/c1-11(2)8-10-9-6-4-3-5-7-9/h3-8H,1-2H3. The van der Waals surface area contributed by atoms with Gasteiger partial charge in [-0.1, -0.05) is 18.2 Å². The van der Waals surface area contributed by atoms with Crippen LogP contribution in [0.2, 0.25) is 0 Å². The maximum atomic E-state index is 4.21. The van der Waals surface area contributed by atoms with Gasteiger partial charge in [-0.05, 0) is 12.1 Å². The van der Waals surface area contributed by atoms with Crippen LogP contribution in [0.15, 0.2) is 35.3 Å². The highest BCUT2D eigenvalue weighted by Gasteiger charge is 1.82. The fourth-order valence-electron chi connectivity index (χ4n) is 0.696. The molecule has 1 rings (SSSR count). The van der Waals surface area contributed by atoms with Crippen molar-refractivity contribution in [1.29, 1.82) is 0 Å². The first-order valence-electron chi connectivity index (χ1n) is 3.55. The van der Waals surface area contributed by atoms with Gasteiger partial charge in [-0.3, -0.25) is 0 Å². The Kier molecular flexibility index (Phi) is 2.66. The van der Waals surface area contributed by atoms with Crippen LogP contribution < -0.4 is 0 Å². The first kappa shape index (κ1) is 7.79. The average Bonchev–Trinajstić information content (AvgIpc) is 2.03. The minimum Gasteiger partial charge on any atom is -0.369 e. The predicted octanol–water partition coefficient (Wildman–Crippen LogP) is 1.91. The summed E-state index contributed by atoms with van der Waals surface area (Å²) >= 11 is 0. The summed E-state index contributed by atoms with van der Waals surface area (Å²) in [5, 5.41) is 0. The molecule has 0 atom stereocenters. The van der Waals surface area contributed by atoms with Crippen molar-refractivity contribution in [3.05, 3.63) is 30.3 Å². The van der Waals surface area contributed by atoms with Gasteiger partial charge in [-0.25, -0.2) is 4.99 Å². The van der Waals surface area contributed by atoms with Crippen LogP contribution in [-0.2, 0) is 0 Å². The highest BCUT2D eigenvalue weighted by Crippen LogP contribution is 2.07. The summed E-state index contributed by atoms with van der Waals surface area (Å²) in [5.74, 6) is 0. The van der Waals surface area contributed by atoms with Crippen molar-refractivity contribution in [3.8, 4) is 0 Å². The SMILES string of the molecule is CN(C)C=Nc1ccccc1. The van der Waals surface area contributed by atoms with Crippen molar-refractivity contribution < 1.29 is 0 Å². The van der Waals surface area contributed by atoms with Gasteiger partial charge in [0.15, 0.2) is 0 Å². The van der Waals surface area contributed by atoms with Crippen LogP contribution in [0.1, 0.15) is 0 Å². The van der Waals surface area contributed by atoms with Crippen LogP contribution in [0.4, 0.5) is 5.69 Å². The van der Waals surface area contributed by atoms with Crippen LogP contribution >= 0.6 is 0 Å². The molecule has 0 heterocycles. The predicted molar refractivity (Wildman–Crippen MR) is 48.3 cm³/mol. The molecule has 58 valence electrons. The Morgan fingerprint density at radius 2 is 1.82 bits per heavy atom. The average molecular weight is 148 g/mol. The quantitative estimate of drug-likeness (QED) is 0.462. The lowest BCUT2D eigenvalue weighted by Crippen LogP contribution is -2.06. The zero-order chi connectivity index (χ0) is 8.10. The van der Waals surface area contributed by atoms with Gasteiger partial charge in [-0.2, -0.15) is 0 Å². The van der Waals surface area contributed by atoms with E-state index in [1.54, 1.807) is 6.34 Å². The zero-order valence-electron chi connectivity index (χ0n) is 6.86. The second-order valence-corrected chi connectivity index (χ2v) is 2.54. The van der Waals surface area contributed by atoms with E-state index in [1.807, 2.05) is 49.3 Å². The number of para-hydroxylation sites is 1. The van der Waals surface area contributed by atoms with Gasteiger partial charge in [-0.15, -0.1) is 0 Å². The molecule has 0 saturated carbocycles. The smallest absolute Gasteiger partial charge is 0.0907 e. The topological polar surface area (TPSA) is 15.6 Å². The van der Waals surface area contributed by atoms with Crippen LogP contribution in [0.3, 0.4) is 0 Å². The van der Waals surface area contributed by atoms with Crippen LogP contribution in [0.5, 0.6) is 0 Å². The summed E-state index contributed by atoms with van der Waals surface area (Å²) in [4.78, 5) is 6.12. The number of benzene rings is 1. The monoisotopic (exact) mass is 148 g/mol. The molecule has 2 nitrogen and oxygen atoms in total. The van der Waals surface area contributed by atoms with E-state index in [2.05, 4.69) is 4.99 Å². The van der Waals surface area contributed by atoms with Crippen molar-refractivity contribution in [1.82, 2.24) is 4.90 Å². The zero-order valence-corrected chi connectivity index (χ0v) is 6.86. The molecule has 1 aromatic rings. The molecule has 0 radical (unpaired) electrons. The Morgan fingerprint density at radius 1 is 1.18 bits per heavy atom. The third-order valence-corrected chi connectivity index (χ3v) is 1.19. The Hall–Kier alpha value is -1.31. The lowest BCUT2D eigenvalue weighted by atomic mass is 10.3. The van der Waals surface area contributed by atoms with Crippen LogP contribution in [0.25, 0.3) is 0 Å². The van der Waals surface area contributed by atoms with Crippen molar-refractivity contribution in [2.45, 2.75) is 0 Å². The van der Waals surface area contributed by atoms with E-state index in [0.717, 1.165) is 5.69 Å². The molecular formula is C9H12N2. The lowest BCUT2D eigenvalue weighted by Gasteiger charge is -2.01. The molecule has 0 aromatic heterocycles. The fraction of sp³-hybridized carbons (Fsp3) is 0.222. The summed E-state index contributed by atoms with van der Waals surface area (Å²) in [5.41, 5.74) is 0.987. The molecule has 0 aliphatic rings. The second kappa shape index (κ2) is 3.76. The minimum atomic E-state index is 0.987. The first-order chi connectivity index (χ1) is 5.29. The van der Waals surface area contributed by atoms with Crippen molar-refractivity contribution in [2.24, 2.45) is 4.99 Å². The molecule has 0 fully saturated rings. The molecule has 0 amide bonds. The molecule has 1 aromatic carbocycles. The molecule has 0 aliphatic heterocycles. The molecule has 2 heteroatoms. The van der Waals surface area contributed by atoms with E-state index in [1.165, 1.54) is 0 Å². The third-order valence-electron chi connectivity index (χ3n) is 1.19. The van der Waals surface area contributed by atoms with Gasteiger partial charge in [0, 0.05) is 14.1 Å². The summed E-state index contributed by atoms with van der Waals surface area (Å²) in [7, 11) is 3.90. The number of hydrogen-bond donors (Lipinski definition) is 0. The summed E-state index contributed by atoms with van der Waals surface area (Å²) in [6.45, 7) is 0. The molecule has 0 N–H and O–H groups in total. The van der Waals surface area contributed by atoms with Crippen molar-refractivity contribution >= 4 is 12.0 Å². The Labute approximate surface area is 67.2 Å². The van der Waals surface area contributed by atoms with Crippen LogP contribution in [-0.4, -0.2) is 25.3 Å². The first-order valence-corrected chi connectivity index (χ1v) is 3.55. The molecule has 0 unspecified atom stereocenters. The van der Waals surface area contributed by atoms with Gasteiger partial charge < -0.3 is 4.90 Å². The van der Waals surface area contributed by atoms with E-state index < -0.39 is 0 Å². The molecule has 0 bridgehead atoms. The van der Waals surface area contributed by atoms with Crippen molar-refractivity contribution in [3.63, 3.8) is 0 Å². The van der Waals surface area contributed by atoms with E-state index in [0.29, 0.717) is 0 Å². The number of rotatable bonds is 2. The van der Waals surface area contributed by atoms with Crippen LogP contribution in [0, 0.1) is 0 Å². The van der Waals surface area contributed by atoms with E-state index >= 15 is 0 Å². The summed E-state index contributed by atoms with van der Waals surface area (Å²) < 4.78 is 0. The molecule has 11 heavy (non-hydrogen) atoms. The van der Waals surface area contributed by atoms with Crippen molar-refractivity contribution in [2.75, 3.05) is 14.1 Å². The third kappa shape index (κ3) is 2.85. The van der Waals surface area contributed by atoms with E-state index in [-0.39, 0.29) is 0 Å². The normalized spacial score (nSPS) is 10.4. The van der Waals surface area contributed by atoms with Gasteiger partial charge in [0.25, 0.3) is 0 Å². The van der Waals surface area contributed by atoms with E-state index in [4.69, 9.17) is 0 Å². The second-order valence-electron chi connectivity index (χ2n) is 2.54. The molecule has 0 spiro atoms.